The van der Waals surface area contributed by atoms with Gasteiger partial charge in [-0.3, -0.25) is 14.6 Å². The van der Waals surface area contributed by atoms with Crippen molar-refractivity contribution in [3.8, 4) is 5.75 Å². The molecule has 7 nitrogen and oxygen atoms in total. The van der Waals surface area contributed by atoms with E-state index in [4.69, 9.17) is 4.74 Å². The summed E-state index contributed by atoms with van der Waals surface area (Å²) < 4.78 is 5.54. The summed E-state index contributed by atoms with van der Waals surface area (Å²) in [6.45, 7) is 12.3. The Morgan fingerprint density at radius 3 is 2.62 bits per heavy atom. The van der Waals surface area contributed by atoms with Crippen LogP contribution in [0.25, 0.3) is 0 Å². The van der Waals surface area contributed by atoms with E-state index in [2.05, 4.69) is 19.8 Å². The third-order valence-electron chi connectivity index (χ3n) is 5.01. The first kappa shape index (κ1) is 21.0. The molecule has 0 spiro atoms. The Kier molecular flexibility index (Phi) is 7.04. The van der Waals surface area contributed by atoms with Gasteiger partial charge in [0.25, 0.3) is 5.91 Å². The lowest BCUT2D eigenvalue weighted by Crippen LogP contribution is -2.46. The Labute approximate surface area is 173 Å². The molecule has 1 aromatic carbocycles. The number of hydrogen-bond donors (Lipinski definition) is 0. The van der Waals surface area contributed by atoms with Gasteiger partial charge in [-0.2, -0.15) is 0 Å². The molecule has 2 aromatic rings. The van der Waals surface area contributed by atoms with E-state index in [0.29, 0.717) is 6.67 Å². The maximum absolute atomic E-state index is 12.4. The minimum absolute atomic E-state index is 0.0110. The predicted octanol–water partition coefficient (Wildman–Crippen LogP) is 3.01. The number of fused-ring (bicyclic) bond motifs is 1. The molecule has 7 heteroatoms. The van der Waals surface area contributed by atoms with Crippen LogP contribution in [0.15, 0.2) is 30.3 Å². The van der Waals surface area contributed by atoms with Crippen LogP contribution in [0.4, 0.5) is 11.5 Å². The van der Waals surface area contributed by atoms with Crippen molar-refractivity contribution in [1.82, 2.24) is 14.9 Å². The van der Waals surface area contributed by atoms with Crippen molar-refractivity contribution in [2.45, 2.75) is 34.1 Å². The number of amides is 1. The maximum Gasteiger partial charge on any atom is 0.266 e. The van der Waals surface area contributed by atoms with E-state index < -0.39 is 0 Å². The SMILES string of the molecule is CC.Cc1cc(N2CCCN(CN3C(=O)COc4ccccc43)CC2)nc(C)n1. The molecular formula is C22H31N5O2. The van der Waals surface area contributed by atoms with Gasteiger partial charge in [-0.1, -0.05) is 26.0 Å². The van der Waals surface area contributed by atoms with Gasteiger partial charge >= 0.3 is 0 Å². The number of aromatic nitrogens is 2. The first-order valence-electron chi connectivity index (χ1n) is 10.4. The monoisotopic (exact) mass is 397 g/mol. The third-order valence-corrected chi connectivity index (χ3v) is 5.01. The van der Waals surface area contributed by atoms with Crippen LogP contribution in [0.2, 0.25) is 0 Å². The fourth-order valence-electron chi connectivity index (χ4n) is 3.71. The van der Waals surface area contributed by atoms with Crippen molar-refractivity contribution in [2.24, 2.45) is 0 Å². The molecule has 0 saturated carbocycles. The molecule has 0 unspecified atom stereocenters. The molecule has 29 heavy (non-hydrogen) atoms. The fraction of sp³-hybridized carbons (Fsp3) is 0.500. The molecule has 0 bridgehead atoms. The summed E-state index contributed by atoms with van der Waals surface area (Å²) in [6.07, 6.45) is 1.03. The molecule has 0 aliphatic carbocycles. The number of anilines is 2. The van der Waals surface area contributed by atoms with Crippen LogP contribution >= 0.6 is 0 Å². The normalized spacial score (nSPS) is 17.0. The van der Waals surface area contributed by atoms with Gasteiger partial charge in [-0.25, -0.2) is 9.97 Å². The highest BCUT2D eigenvalue weighted by Gasteiger charge is 2.27. The number of aryl methyl sites for hydroxylation is 2. The van der Waals surface area contributed by atoms with Gasteiger partial charge in [0.1, 0.15) is 17.4 Å². The molecular weight excluding hydrogens is 366 g/mol. The standard InChI is InChI=1S/C20H25N5O2.C2H6/c1-15-12-19(22-16(2)21-15)24-9-5-8-23(10-11-24)14-25-17-6-3-4-7-18(17)27-13-20(25)26;1-2/h3-4,6-7,12H,5,8-11,13-14H2,1-2H3;1-2H3. The molecule has 1 amide bonds. The van der Waals surface area contributed by atoms with Crippen molar-refractivity contribution in [3.05, 3.63) is 41.9 Å². The molecule has 0 atom stereocenters. The number of rotatable bonds is 3. The topological polar surface area (TPSA) is 61.8 Å². The largest absolute Gasteiger partial charge is 0.482 e. The first-order chi connectivity index (χ1) is 14.1. The van der Waals surface area contributed by atoms with E-state index in [-0.39, 0.29) is 12.5 Å². The van der Waals surface area contributed by atoms with Crippen LogP contribution in [0.1, 0.15) is 31.8 Å². The van der Waals surface area contributed by atoms with E-state index in [1.165, 1.54) is 0 Å². The summed E-state index contributed by atoms with van der Waals surface area (Å²) in [5.74, 6) is 2.59. The Morgan fingerprint density at radius 1 is 1.03 bits per heavy atom. The second kappa shape index (κ2) is 9.69. The maximum atomic E-state index is 12.4. The molecule has 156 valence electrons. The van der Waals surface area contributed by atoms with Gasteiger partial charge in [0.2, 0.25) is 0 Å². The van der Waals surface area contributed by atoms with Gasteiger partial charge in [0.05, 0.1) is 12.4 Å². The number of carbonyl (C=O) groups excluding carboxylic acids is 1. The van der Waals surface area contributed by atoms with Gasteiger partial charge < -0.3 is 9.64 Å². The van der Waals surface area contributed by atoms with Gasteiger partial charge in [0.15, 0.2) is 6.61 Å². The summed E-state index contributed by atoms with van der Waals surface area (Å²) in [6, 6.07) is 9.78. The van der Waals surface area contributed by atoms with Gasteiger partial charge in [-0.05, 0) is 32.4 Å². The number of para-hydroxylation sites is 2. The van der Waals surface area contributed by atoms with E-state index in [1.807, 2.05) is 62.9 Å². The Bertz CT molecular complexity index is 821. The number of ether oxygens (including phenoxy) is 1. The highest BCUT2D eigenvalue weighted by molar-refractivity contribution is 5.97. The Balaban J connectivity index is 0.00000117. The predicted molar refractivity (Wildman–Crippen MR) is 116 cm³/mol. The molecule has 2 aliphatic rings. The van der Waals surface area contributed by atoms with Crippen molar-refractivity contribution >= 4 is 17.4 Å². The van der Waals surface area contributed by atoms with Crippen LogP contribution < -0.4 is 14.5 Å². The number of hydrogen-bond acceptors (Lipinski definition) is 6. The first-order valence-corrected chi connectivity index (χ1v) is 10.4. The lowest BCUT2D eigenvalue weighted by atomic mass is 10.2. The van der Waals surface area contributed by atoms with Gasteiger partial charge in [0, 0.05) is 37.9 Å². The van der Waals surface area contributed by atoms with Crippen molar-refractivity contribution in [3.63, 3.8) is 0 Å². The minimum Gasteiger partial charge on any atom is -0.482 e. The van der Waals surface area contributed by atoms with Crippen LogP contribution in [-0.4, -0.2) is 60.2 Å². The summed E-state index contributed by atoms with van der Waals surface area (Å²) in [7, 11) is 0. The van der Waals surface area contributed by atoms with Crippen molar-refractivity contribution in [2.75, 3.05) is 49.3 Å². The molecule has 2 aliphatic heterocycles. The summed E-state index contributed by atoms with van der Waals surface area (Å²) in [5, 5.41) is 0. The number of benzene rings is 1. The number of carbonyl (C=O) groups is 1. The van der Waals surface area contributed by atoms with Crippen LogP contribution in [0.3, 0.4) is 0 Å². The quantitative estimate of drug-likeness (QED) is 0.793. The number of nitrogens with zero attached hydrogens (tertiary/aromatic N) is 5. The summed E-state index contributed by atoms with van der Waals surface area (Å²) in [4.78, 5) is 27.9. The minimum atomic E-state index is 0.0110. The molecule has 0 radical (unpaired) electrons. The van der Waals surface area contributed by atoms with Gasteiger partial charge in [-0.15, -0.1) is 0 Å². The smallest absolute Gasteiger partial charge is 0.266 e. The fourth-order valence-corrected chi connectivity index (χ4v) is 3.71. The third kappa shape index (κ3) is 5.03. The zero-order chi connectivity index (χ0) is 20.8. The molecule has 4 rings (SSSR count). The molecule has 1 aromatic heterocycles. The molecule has 1 saturated heterocycles. The molecule has 1 fully saturated rings. The van der Waals surface area contributed by atoms with E-state index >= 15 is 0 Å². The average Bonchev–Trinajstić information content (AvgIpc) is 2.97. The lowest BCUT2D eigenvalue weighted by Gasteiger charge is -2.33. The second-order valence-corrected chi connectivity index (χ2v) is 7.09. The highest BCUT2D eigenvalue weighted by Crippen LogP contribution is 2.31. The summed E-state index contributed by atoms with van der Waals surface area (Å²) >= 11 is 0. The molecule has 0 N–H and O–H groups in total. The summed E-state index contributed by atoms with van der Waals surface area (Å²) in [5.41, 5.74) is 1.85. The van der Waals surface area contributed by atoms with Crippen LogP contribution in [0.5, 0.6) is 5.75 Å². The van der Waals surface area contributed by atoms with E-state index in [1.54, 1.807) is 0 Å². The lowest BCUT2D eigenvalue weighted by molar-refractivity contribution is -0.121. The van der Waals surface area contributed by atoms with Crippen molar-refractivity contribution < 1.29 is 9.53 Å². The van der Waals surface area contributed by atoms with Crippen LogP contribution in [0, 0.1) is 13.8 Å². The molecule has 3 heterocycles. The van der Waals surface area contributed by atoms with Crippen molar-refractivity contribution in [1.29, 1.82) is 0 Å². The van der Waals surface area contributed by atoms with E-state index in [0.717, 1.165) is 61.4 Å². The Hall–Kier alpha value is -2.67. The zero-order valence-corrected chi connectivity index (χ0v) is 17.9. The highest BCUT2D eigenvalue weighted by atomic mass is 16.5. The Morgan fingerprint density at radius 2 is 1.83 bits per heavy atom. The second-order valence-electron chi connectivity index (χ2n) is 7.09. The zero-order valence-electron chi connectivity index (χ0n) is 17.9. The van der Waals surface area contributed by atoms with E-state index in [9.17, 15) is 4.79 Å². The average molecular weight is 398 g/mol. The van der Waals surface area contributed by atoms with Crippen LogP contribution in [-0.2, 0) is 4.79 Å².